The lowest BCUT2D eigenvalue weighted by atomic mass is 9.81. The molecule has 13 heteroatoms. The van der Waals surface area contributed by atoms with Crippen LogP contribution in [0.15, 0.2) is 48.9 Å². The van der Waals surface area contributed by atoms with Crippen molar-refractivity contribution >= 4 is 27.3 Å². The quantitative estimate of drug-likeness (QED) is 0.534. The van der Waals surface area contributed by atoms with Crippen LogP contribution in [0, 0.1) is 5.41 Å². The van der Waals surface area contributed by atoms with Crippen molar-refractivity contribution in [2.75, 3.05) is 34.8 Å². The second-order valence-corrected chi connectivity index (χ2v) is 11.4. The average molecular weight is 521 g/mol. The van der Waals surface area contributed by atoms with Gasteiger partial charge in [0.25, 0.3) is 0 Å². The van der Waals surface area contributed by atoms with Gasteiger partial charge in [-0.2, -0.15) is 0 Å². The molecule has 3 aromatic heterocycles. The van der Waals surface area contributed by atoms with E-state index in [4.69, 9.17) is 4.98 Å². The van der Waals surface area contributed by atoms with Crippen LogP contribution in [0.2, 0.25) is 0 Å². The predicted octanol–water partition coefficient (Wildman–Crippen LogP) is 3.98. The van der Waals surface area contributed by atoms with Crippen LogP contribution < -0.4 is 15.0 Å². The second kappa shape index (κ2) is 9.19. The molecule has 0 unspecified atom stereocenters. The van der Waals surface area contributed by atoms with E-state index in [0.29, 0.717) is 49.0 Å². The van der Waals surface area contributed by atoms with Gasteiger partial charge in [0, 0.05) is 49.4 Å². The number of aromatic nitrogens is 4. The van der Waals surface area contributed by atoms with Crippen molar-refractivity contribution in [3.63, 3.8) is 0 Å². The second-order valence-electron chi connectivity index (χ2n) is 9.05. The summed E-state index contributed by atoms with van der Waals surface area (Å²) in [4.78, 5) is 19.5. The van der Waals surface area contributed by atoms with Gasteiger partial charge >= 0.3 is 6.36 Å². The molecule has 2 saturated heterocycles. The summed E-state index contributed by atoms with van der Waals surface area (Å²) in [6, 6.07) is 7.51. The van der Waals surface area contributed by atoms with E-state index >= 15 is 0 Å². The number of rotatable bonds is 5. The van der Waals surface area contributed by atoms with Crippen LogP contribution >= 0.6 is 0 Å². The summed E-state index contributed by atoms with van der Waals surface area (Å²) in [6.07, 6.45) is 1.73. The van der Waals surface area contributed by atoms with Crippen molar-refractivity contribution in [2.45, 2.75) is 25.6 Å². The highest BCUT2D eigenvalue weighted by Crippen LogP contribution is 2.42. The Balaban J connectivity index is 1.44. The number of hydrogen-bond acceptors (Lipinski definition) is 9. The Bertz CT molecular complexity index is 1340. The van der Waals surface area contributed by atoms with E-state index in [1.807, 2.05) is 6.07 Å². The Labute approximate surface area is 205 Å². The van der Waals surface area contributed by atoms with Crippen LogP contribution in [-0.2, 0) is 9.84 Å². The summed E-state index contributed by atoms with van der Waals surface area (Å²) < 4.78 is 65.8. The van der Waals surface area contributed by atoms with E-state index in [1.54, 1.807) is 24.5 Å². The molecule has 2 fully saturated rings. The summed E-state index contributed by atoms with van der Waals surface area (Å²) in [6.45, 7) is 1.37. The molecule has 2 aliphatic rings. The summed E-state index contributed by atoms with van der Waals surface area (Å²) in [5.74, 6) is 1.45. The zero-order valence-electron chi connectivity index (χ0n) is 19.1. The molecular weight excluding hydrogens is 497 g/mol. The minimum atomic E-state index is -4.82. The van der Waals surface area contributed by atoms with Crippen molar-refractivity contribution in [1.82, 2.24) is 19.9 Å². The normalized spacial score (nSPS) is 18.8. The third kappa shape index (κ3) is 5.66. The Hall–Kier alpha value is -3.48. The fourth-order valence-corrected chi connectivity index (χ4v) is 6.29. The van der Waals surface area contributed by atoms with Gasteiger partial charge < -0.3 is 15.0 Å². The highest BCUT2D eigenvalue weighted by atomic mass is 32.2. The molecule has 0 bridgehead atoms. The molecule has 3 aromatic rings. The van der Waals surface area contributed by atoms with E-state index in [2.05, 4.69) is 29.9 Å². The number of anilines is 3. The minimum absolute atomic E-state index is 0.0802. The van der Waals surface area contributed by atoms with Crippen LogP contribution in [0.3, 0.4) is 0 Å². The van der Waals surface area contributed by atoms with Crippen molar-refractivity contribution in [2.24, 2.45) is 5.41 Å². The molecule has 36 heavy (non-hydrogen) atoms. The number of pyridine rings is 2. The summed E-state index contributed by atoms with van der Waals surface area (Å²) in [5, 5.41) is 2.95. The monoisotopic (exact) mass is 520 g/mol. The fraction of sp³-hybridized carbons (Fsp3) is 0.391. The van der Waals surface area contributed by atoms with E-state index in [-0.39, 0.29) is 22.7 Å². The number of ether oxygens (including phenoxy) is 1. The topological polar surface area (TPSA) is 110 Å². The third-order valence-electron chi connectivity index (χ3n) is 6.50. The predicted molar refractivity (Wildman–Crippen MR) is 127 cm³/mol. The van der Waals surface area contributed by atoms with Crippen LogP contribution in [0.25, 0.3) is 11.4 Å². The summed E-state index contributed by atoms with van der Waals surface area (Å²) in [7, 11) is -2.98. The number of nitrogens with zero attached hydrogens (tertiary/aromatic N) is 5. The Morgan fingerprint density at radius 2 is 1.83 bits per heavy atom. The van der Waals surface area contributed by atoms with Crippen molar-refractivity contribution in [3.05, 3.63) is 48.9 Å². The molecule has 9 nitrogen and oxygen atoms in total. The first-order chi connectivity index (χ1) is 17.1. The van der Waals surface area contributed by atoms with Crippen molar-refractivity contribution in [3.8, 4) is 17.1 Å². The van der Waals surface area contributed by atoms with E-state index in [9.17, 15) is 21.6 Å². The van der Waals surface area contributed by atoms with Gasteiger partial charge in [-0.1, -0.05) is 0 Å². The zero-order chi connectivity index (χ0) is 25.4. The first kappa shape index (κ1) is 24.2. The lowest BCUT2D eigenvalue weighted by Crippen LogP contribution is -2.36. The highest BCUT2D eigenvalue weighted by molar-refractivity contribution is 7.91. The van der Waals surface area contributed by atoms with Crippen LogP contribution in [0.5, 0.6) is 5.75 Å². The van der Waals surface area contributed by atoms with Gasteiger partial charge in [-0.15, -0.1) is 13.2 Å². The Kier molecular flexibility index (Phi) is 6.18. The van der Waals surface area contributed by atoms with Crippen LogP contribution in [-0.4, -0.2) is 59.3 Å². The number of sulfone groups is 1. The molecule has 0 saturated carbocycles. The van der Waals surface area contributed by atoms with Gasteiger partial charge in [0.2, 0.25) is 0 Å². The van der Waals surface area contributed by atoms with Gasteiger partial charge in [0.05, 0.1) is 11.5 Å². The number of alkyl halides is 3. The lowest BCUT2D eigenvalue weighted by Gasteiger charge is -2.33. The highest BCUT2D eigenvalue weighted by Gasteiger charge is 2.43. The SMILES string of the molecule is O=S1(=O)CCC2(CCN(c3cc(Nc4cc(OC(F)(F)F)ccn4)nc(-c4cccnc4)n3)C2)CC1. The third-order valence-corrected chi connectivity index (χ3v) is 8.15. The molecule has 190 valence electrons. The smallest absolute Gasteiger partial charge is 0.406 e. The van der Waals surface area contributed by atoms with Crippen LogP contribution in [0.1, 0.15) is 19.3 Å². The van der Waals surface area contributed by atoms with Gasteiger partial charge in [0.1, 0.15) is 33.0 Å². The van der Waals surface area contributed by atoms with Crippen molar-refractivity contribution < 1.29 is 26.3 Å². The molecule has 5 rings (SSSR count). The van der Waals surface area contributed by atoms with Gasteiger partial charge in [-0.25, -0.2) is 23.4 Å². The van der Waals surface area contributed by atoms with Gasteiger partial charge in [-0.3, -0.25) is 4.98 Å². The molecular formula is C23H23F3N6O3S. The van der Waals surface area contributed by atoms with Gasteiger partial charge in [0.15, 0.2) is 5.82 Å². The molecule has 2 aliphatic heterocycles. The van der Waals surface area contributed by atoms with E-state index in [1.165, 1.54) is 6.20 Å². The lowest BCUT2D eigenvalue weighted by molar-refractivity contribution is -0.274. The van der Waals surface area contributed by atoms with E-state index < -0.39 is 21.9 Å². The Morgan fingerprint density at radius 3 is 2.56 bits per heavy atom. The summed E-state index contributed by atoms with van der Waals surface area (Å²) >= 11 is 0. The molecule has 0 aliphatic carbocycles. The summed E-state index contributed by atoms with van der Waals surface area (Å²) in [5.41, 5.74) is 0.588. The maximum absolute atomic E-state index is 12.6. The zero-order valence-corrected chi connectivity index (χ0v) is 19.9. The van der Waals surface area contributed by atoms with Crippen molar-refractivity contribution in [1.29, 1.82) is 0 Å². The van der Waals surface area contributed by atoms with Crippen LogP contribution in [0.4, 0.5) is 30.6 Å². The molecule has 0 aromatic carbocycles. The Morgan fingerprint density at radius 1 is 1.03 bits per heavy atom. The molecule has 1 N–H and O–H groups in total. The molecule has 0 atom stereocenters. The largest absolute Gasteiger partial charge is 0.573 e. The maximum Gasteiger partial charge on any atom is 0.573 e. The van der Waals surface area contributed by atoms with E-state index in [0.717, 1.165) is 18.6 Å². The molecule has 0 amide bonds. The number of nitrogens with one attached hydrogen (secondary N) is 1. The fourth-order valence-electron chi connectivity index (χ4n) is 4.60. The number of halogens is 3. The van der Waals surface area contributed by atoms with Gasteiger partial charge in [-0.05, 0) is 42.9 Å². The standard InChI is InChI=1S/C23H23F3N6O3S/c24-23(25,26)35-17-3-8-28-18(12-17)29-19-13-20(31-21(30-19)16-2-1-7-27-14-16)32-9-4-22(15-32)5-10-36(33,34)11-6-22/h1-3,7-8,12-14H,4-6,9-11,15H2,(H,28,29,30,31). The molecule has 0 radical (unpaired) electrons. The number of hydrogen-bond donors (Lipinski definition) is 1. The maximum atomic E-state index is 12.6. The average Bonchev–Trinajstić information content (AvgIpc) is 3.25. The first-order valence-electron chi connectivity index (χ1n) is 11.3. The molecule has 5 heterocycles. The molecule has 1 spiro atoms. The minimum Gasteiger partial charge on any atom is -0.406 e. The first-order valence-corrected chi connectivity index (χ1v) is 13.1.